The summed E-state index contributed by atoms with van der Waals surface area (Å²) in [5.41, 5.74) is 3.53. The van der Waals surface area contributed by atoms with Crippen molar-refractivity contribution in [2.75, 3.05) is 0 Å². The van der Waals surface area contributed by atoms with Crippen molar-refractivity contribution < 1.29 is 4.79 Å². The molecule has 1 aliphatic rings. The maximum absolute atomic E-state index is 10.4. The predicted octanol–water partition coefficient (Wildman–Crippen LogP) is 4.13. The zero-order chi connectivity index (χ0) is 11.5. The summed E-state index contributed by atoms with van der Waals surface area (Å²) in [6.45, 7) is 9.28. The Morgan fingerprint density at radius 2 is 2.20 bits per heavy atom. The van der Waals surface area contributed by atoms with Crippen LogP contribution in [-0.2, 0) is 4.79 Å². The number of carbonyl (C=O) groups is 1. The Kier molecular flexibility index (Phi) is 4.12. The van der Waals surface area contributed by atoms with Crippen LogP contribution < -0.4 is 0 Å². The first kappa shape index (κ1) is 12.5. The van der Waals surface area contributed by atoms with E-state index in [1.54, 1.807) is 5.57 Å². The van der Waals surface area contributed by atoms with Gasteiger partial charge in [0, 0.05) is 6.42 Å². The average Bonchev–Trinajstić information content (AvgIpc) is 2.45. The molecular weight excluding hydrogens is 184 g/mol. The number of aldehydes is 1. The normalized spacial score (nSPS) is 27.9. The highest BCUT2D eigenvalue weighted by molar-refractivity contribution is 5.50. The van der Waals surface area contributed by atoms with Gasteiger partial charge in [0.2, 0.25) is 0 Å². The van der Waals surface area contributed by atoms with Gasteiger partial charge < -0.3 is 4.79 Å². The van der Waals surface area contributed by atoms with Crippen molar-refractivity contribution in [2.45, 2.75) is 59.8 Å². The molecule has 1 heteroatoms. The number of hydrogen-bond acceptors (Lipinski definition) is 1. The van der Waals surface area contributed by atoms with Crippen LogP contribution in [0.3, 0.4) is 0 Å². The maximum atomic E-state index is 10.4. The molecule has 0 aromatic carbocycles. The van der Waals surface area contributed by atoms with Gasteiger partial charge in [0.25, 0.3) is 0 Å². The fourth-order valence-corrected chi connectivity index (χ4v) is 2.75. The SMILES string of the molecule is CCC(CCC=O)=C1CCC(C)C1(C)C. The first-order valence-corrected chi connectivity index (χ1v) is 6.19. The van der Waals surface area contributed by atoms with E-state index in [-0.39, 0.29) is 0 Å². The first-order chi connectivity index (χ1) is 7.04. The van der Waals surface area contributed by atoms with Crippen molar-refractivity contribution in [3.63, 3.8) is 0 Å². The monoisotopic (exact) mass is 208 g/mol. The minimum atomic E-state index is 0.355. The molecule has 1 saturated carbocycles. The van der Waals surface area contributed by atoms with E-state index < -0.39 is 0 Å². The van der Waals surface area contributed by atoms with Crippen molar-refractivity contribution in [3.05, 3.63) is 11.1 Å². The van der Waals surface area contributed by atoms with Gasteiger partial charge in [-0.3, -0.25) is 0 Å². The van der Waals surface area contributed by atoms with E-state index in [2.05, 4.69) is 27.7 Å². The molecule has 1 unspecified atom stereocenters. The third kappa shape index (κ3) is 2.50. The summed E-state index contributed by atoms with van der Waals surface area (Å²) in [6, 6.07) is 0. The average molecular weight is 208 g/mol. The number of rotatable bonds is 4. The van der Waals surface area contributed by atoms with Crippen LogP contribution in [0.15, 0.2) is 11.1 Å². The van der Waals surface area contributed by atoms with Crippen molar-refractivity contribution >= 4 is 6.29 Å². The molecule has 0 bridgehead atoms. The lowest BCUT2D eigenvalue weighted by atomic mass is 9.77. The van der Waals surface area contributed by atoms with E-state index >= 15 is 0 Å². The largest absolute Gasteiger partial charge is 0.303 e. The molecule has 1 nitrogen and oxygen atoms in total. The van der Waals surface area contributed by atoms with E-state index in [0.29, 0.717) is 11.8 Å². The van der Waals surface area contributed by atoms with Gasteiger partial charge in [0.05, 0.1) is 0 Å². The summed E-state index contributed by atoms with van der Waals surface area (Å²) in [6.07, 6.45) is 6.38. The van der Waals surface area contributed by atoms with Crippen molar-refractivity contribution in [2.24, 2.45) is 11.3 Å². The predicted molar refractivity (Wildman–Crippen MR) is 64.8 cm³/mol. The number of allylic oxidation sites excluding steroid dienone is 2. The Labute approximate surface area is 93.9 Å². The third-order valence-electron chi connectivity index (χ3n) is 4.25. The summed E-state index contributed by atoms with van der Waals surface area (Å²) in [5, 5.41) is 0. The Hall–Kier alpha value is -0.590. The molecule has 0 aromatic heterocycles. The van der Waals surface area contributed by atoms with E-state index in [0.717, 1.165) is 25.0 Å². The molecule has 0 radical (unpaired) electrons. The van der Waals surface area contributed by atoms with Crippen LogP contribution in [0.4, 0.5) is 0 Å². The summed E-state index contributed by atoms with van der Waals surface area (Å²) in [7, 11) is 0. The molecule has 0 heterocycles. The molecular formula is C14H24O. The molecule has 1 atom stereocenters. The van der Waals surface area contributed by atoms with Crippen molar-refractivity contribution in [1.29, 1.82) is 0 Å². The molecule has 0 amide bonds. The van der Waals surface area contributed by atoms with Gasteiger partial charge in [-0.15, -0.1) is 0 Å². The van der Waals surface area contributed by atoms with E-state index in [4.69, 9.17) is 0 Å². The quantitative estimate of drug-likeness (QED) is 0.501. The van der Waals surface area contributed by atoms with E-state index in [1.807, 2.05) is 0 Å². The highest BCUT2D eigenvalue weighted by Gasteiger charge is 2.36. The summed E-state index contributed by atoms with van der Waals surface area (Å²) >= 11 is 0. The summed E-state index contributed by atoms with van der Waals surface area (Å²) in [5.74, 6) is 0.783. The van der Waals surface area contributed by atoms with Gasteiger partial charge in [-0.1, -0.05) is 38.8 Å². The van der Waals surface area contributed by atoms with Crippen LogP contribution in [0.5, 0.6) is 0 Å². The van der Waals surface area contributed by atoms with E-state index in [9.17, 15) is 4.79 Å². The molecule has 0 spiro atoms. The number of carbonyl (C=O) groups excluding carboxylic acids is 1. The minimum Gasteiger partial charge on any atom is -0.303 e. The zero-order valence-electron chi connectivity index (χ0n) is 10.6. The van der Waals surface area contributed by atoms with Crippen LogP contribution in [0.1, 0.15) is 59.8 Å². The molecule has 0 aromatic rings. The third-order valence-corrected chi connectivity index (χ3v) is 4.25. The van der Waals surface area contributed by atoms with Gasteiger partial charge in [-0.05, 0) is 37.0 Å². The number of hydrogen-bond donors (Lipinski definition) is 0. The van der Waals surface area contributed by atoms with Gasteiger partial charge in [0.15, 0.2) is 0 Å². The smallest absolute Gasteiger partial charge is 0.120 e. The molecule has 1 aliphatic carbocycles. The fourth-order valence-electron chi connectivity index (χ4n) is 2.75. The molecule has 0 saturated heterocycles. The van der Waals surface area contributed by atoms with Gasteiger partial charge in [0.1, 0.15) is 6.29 Å². The second-order valence-corrected chi connectivity index (χ2v) is 5.30. The molecule has 0 aliphatic heterocycles. The van der Waals surface area contributed by atoms with Crippen LogP contribution >= 0.6 is 0 Å². The minimum absolute atomic E-state index is 0.355. The molecule has 86 valence electrons. The van der Waals surface area contributed by atoms with Crippen molar-refractivity contribution in [1.82, 2.24) is 0 Å². The lowest BCUT2D eigenvalue weighted by Gasteiger charge is -2.28. The summed E-state index contributed by atoms with van der Waals surface area (Å²) in [4.78, 5) is 10.4. The van der Waals surface area contributed by atoms with Crippen LogP contribution in [0.2, 0.25) is 0 Å². The van der Waals surface area contributed by atoms with Crippen LogP contribution in [-0.4, -0.2) is 6.29 Å². The Bertz CT molecular complexity index is 261. The molecule has 1 rings (SSSR count). The van der Waals surface area contributed by atoms with Crippen LogP contribution in [0, 0.1) is 11.3 Å². The highest BCUT2D eigenvalue weighted by Crippen LogP contribution is 2.48. The highest BCUT2D eigenvalue weighted by atomic mass is 16.1. The Morgan fingerprint density at radius 3 is 2.60 bits per heavy atom. The Balaban J connectivity index is 2.90. The van der Waals surface area contributed by atoms with Crippen LogP contribution in [0.25, 0.3) is 0 Å². The van der Waals surface area contributed by atoms with Gasteiger partial charge >= 0.3 is 0 Å². The zero-order valence-corrected chi connectivity index (χ0v) is 10.6. The fraction of sp³-hybridized carbons (Fsp3) is 0.786. The second kappa shape index (κ2) is 4.96. The second-order valence-electron chi connectivity index (χ2n) is 5.30. The van der Waals surface area contributed by atoms with Gasteiger partial charge in [-0.2, -0.15) is 0 Å². The standard InChI is InChI=1S/C14H24O/c1-5-12(7-6-10-15)13-9-8-11(2)14(13,3)4/h10-11H,5-9H2,1-4H3. The Morgan fingerprint density at radius 1 is 1.53 bits per heavy atom. The molecule has 15 heavy (non-hydrogen) atoms. The summed E-state index contributed by atoms with van der Waals surface area (Å²) < 4.78 is 0. The first-order valence-electron chi connectivity index (χ1n) is 6.19. The molecule has 0 N–H and O–H groups in total. The molecule has 1 fully saturated rings. The lowest BCUT2D eigenvalue weighted by Crippen LogP contribution is -2.17. The lowest BCUT2D eigenvalue weighted by molar-refractivity contribution is -0.107. The van der Waals surface area contributed by atoms with Crippen molar-refractivity contribution in [3.8, 4) is 0 Å². The van der Waals surface area contributed by atoms with Gasteiger partial charge in [-0.25, -0.2) is 0 Å². The topological polar surface area (TPSA) is 17.1 Å². The van der Waals surface area contributed by atoms with E-state index in [1.165, 1.54) is 18.4 Å². The maximum Gasteiger partial charge on any atom is 0.120 e.